The molecule has 1 amide bonds. The molecule has 1 aromatic carbocycles. The highest BCUT2D eigenvalue weighted by atomic mass is 79.9. The Morgan fingerprint density at radius 3 is 2.95 bits per heavy atom. The van der Waals surface area contributed by atoms with Crippen LogP contribution in [0.15, 0.2) is 28.7 Å². The molecule has 0 aromatic heterocycles. The van der Waals surface area contributed by atoms with E-state index in [1.54, 1.807) is 0 Å². The second-order valence-electron chi connectivity index (χ2n) is 5.58. The fourth-order valence-corrected chi connectivity index (χ4v) is 3.43. The zero-order chi connectivity index (χ0) is 14.5. The summed E-state index contributed by atoms with van der Waals surface area (Å²) in [6.45, 7) is 3.64. The van der Waals surface area contributed by atoms with Crippen molar-refractivity contribution in [1.82, 2.24) is 4.90 Å². The van der Waals surface area contributed by atoms with E-state index in [2.05, 4.69) is 22.9 Å². The lowest BCUT2D eigenvalue weighted by Gasteiger charge is -2.39. The van der Waals surface area contributed by atoms with Crippen LogP contribution in [-0.2, 0) is 11.2 Å². The first-order valence-electron chi connectivity index (χ1n) is 7.38. The van der Waals surface area contributed by atoms with Crippen molar-refractivity contribution in [1.29, 1.82) is 0 Å². The molecule has 0 bridgehead atoms. The van der Waals surface area contributed by atoms with E-state index in [0.717, 1.165) is 35.3 Å². The summed E-state index contributed by atoms with van der Waals surface area (Å²) < 4.78 is 1.02. The Morgan fingerprint density at radius 1 is 1.50 bits per heavy atom. The van der Waals surface area contributed by atoms with Gasteiger partial charge in [-0.25, -0.2) is 0 Å². The topological polar surface area (TPSA) is 46.3 Å². The van der Waals surface area contributed by atoms with Crippen LogP contribution in [0, 0.1) is 5.92 Å². The van der Waals surface area contributed by atoms with Gasteiger partial charge in [-0.1, -0.05) is 41.4 Å². The summed E-state index contributed by atoms with van der Waals surface area (Å²) in [6, 6.07) is 8.17. The van der Waals surface area contributed by atoms with Gasteiger partial charge in [0.05, 0.1) is 6.42 Å². The third-order valence-corrected chi connectivity index (χ3v) is 4.73. The quantitative estimate of drug-likeness (QED) is 0.917. The predicted octanol–water partition coefficient (Wildman–Crippen LogP) is 2.97. The largest absolute Gasteiger partial charge is 0.338 e. The van der Waals surface area contributed by atoms with E-state index in [9.17, 15) is 4.79 Å². The molecule has 0 aliphatic carbocycles. The van der Waals surface area contributed by atoms with Crippen molar-refractivity contribution in [2.24, 2.45) is 11.7 Å². The first-order valence-corrected chi connectivity index (χ1v) is 8.17. The highest BCUT2D eigenvalue weighted by Crippen LogP contribution is 2.25. The Kier molecular flexibility index (Phi) is 5.61. The van der Waals surface area contributed by atoms with Crippen LogP contribution in [-0.4, -0.2) is 29.9 Å². The lowest BCUT2D eigenvalue weighted by molar-refractivity contribution is -0.134. The minimum Gasteiger partial charge on any atom is -0.338 e. The van der Waals surface area contributed by atoms with Gasteiger partial charge in [0, 0.05) is 23.6 Å². The van der Waals surface area contributed by atoms with Crippen LogP contribution >= 0.6 is 15.9 Å². The summed E-state index contributed by atoms with van der Waals surface area (Å²) in [6.07, 6.45) is 3.81. The number of hydrogen-bond donors (Lipinski definition) is 1. The van der Waals surface area contributed by atoms with E-state index in [0.29, 0.717) is 13.0 Å². The van der Waals surface area contributed by atoms with Crippen molar-refractivity contribution >= 4 is 21.8 Å². The first kappa shape index (κ1) is 15.5. The van der Waals surface area contributed by atoms with Gasteiger partial charge in [0.2, 0.25) is 5.91 Å². The number of carbonyl (C=O) groups excluding carboxylic acids is 1. The lowest BCUT2D eigenvalue weighted by Crippen LogP contribution is -2.50. The summed E-state index contributed by atoms with van der Waals surface area (Å²) in [5.74, 6) is 0.923. The molecule has 1 fully saturated rings. The molecule has 2 unspecified atom stereocenters. The highest BCUT2D eigenvalue weighted by Gasteiger charge is 2.29. The lowest BCUT2D eigenvalue weighted by atomic mass is 9.88. The third-order valence-electron chi connectivity index (χ3n) is 4.24. The Bertz CT molecular complexity index is 464. The van der Waals surface area contributed by atoms with Gasteiger partial charge < -0.3 is 10.6 Å². The SMILES string of the molecule is CCC1CCN(C(=O)Cc2cccc(Br)c2)C(CN)C1. The first-order chi connectivity index (χ1) is 9.63. The summed E-state index contributed by atoms with van der Waals surface area (Å²) in [7, 11) is 0. The molecule has 0 saturated carbocycles. The Hall–Kier alpha value is -0.870. The van der Waals surface area contributed by atoms with Gasteiger partial charge in [0.15, 0.2) is 0 Å². The van der Waals surface area contributed by atoms with E-state index in [-0.39, 0.29) is 11.9 Å². The molecule has 1 heterocycles. The average Bonchev–Trinajstić information content (AvgIpc) is 2.46. The highest BCUT2D eigenvalue weighted by molar-refractivity contribution is 9.10. The molecule has 2 rings (SSSR count). The van der Waals surface area contributed by atoms with E-state index >= 15 is 0 Å². The maximum Gasteiger partial charge on any atom is 0.227 e. The number of rotatable bonds is 4. The Balaban J connectivity index is 2.01. The van der Waals surface area contributed by atoms with Crippen LogP contribution in [0.1, 0.15) is 31.7 Å². The molecule has 1 aromatic rings. The molecule has 20 heavy (non-hydrogen) atoms. The van der Waals surface area contributed by atoms with Crippen LogP contribution < -0.4 is 5.73 Å². The third kappa shape index (κ3) is 3.83. The van der Waals surface area contributed by atoms with Gasteiger partial charge >= 0.3 is 0 Å². The monoisotopic (exact) mass is 338 g/mol. The zero-order valence-electron chi connectivity index (χ0n) is 12.0. The molecule has 0 radical (unpaired) electrons. The molecule has 0 spiro atoms. The number of likely N-dealkylation sites (tertiary alicyclic amines) is 1. The van der Waals surface area contributed by atoms with Crippen molar-refractivity contribution in [2.45, 2.75) is 38.6 Å². The number of carbonyl (C=O) groups is 1. The fourth-order valence-electron chi connectivity index (χ4n) is 2.98. The zero-order valence-corrected chi connectivity index (χ0v) is 13.6. The van der Waals surface area contributed by atoms with Crippen LogP contribution in [0.5, 0.6) is 0 Å². The Morgan fingerprint density at radius 2 is 2.30 bits per heavy atom. The molecule has 1 saturated heterocycles. The van der Waals surface area contributed by atoms with Crippen LogP contribution in [0.3, 0.4) is 0 Å². The number of hydrogen-bond acceptors (Lipinski definition) is 2. The van der Waals surface area contributed by atoms with Crippen molar-refractivity contribution in [3.63, 3.8) is 0 Å². The van der Waals surface area contributed by atoms with E-state index < -0.39 is 0 Å². The maximum absolute atomic E-state index is 12.5. The van der Waals surface area contributed by atoms with Crippen molar-refractivity contribution < 1.29 is 4.79 Å². The Labute approximate surface area is 129 Å². The molecule has 2 atom stereocenters. The van der Waals surface area contributed by atoms with Crippen LogP contribution in [0.25, 0.3) is 0 Å². The molecular formula is C16H23BrN2O. The summed E-state index contributed by atoms with van der Waals surface area (Å²) in [4.78, 5) is 14.5. The standard InChI is InChI=1S/C16H23BrN2O/c1-2-12-6-7-19(15(9-12)11-18)16(20)10-13-4-3-5-14(17)8-13/h3-5,8,12,15H,2,6-7,9-11,18H2,1H3. The number of nitrogens with zero attached hydrogens (tertiary/aromatic N) is 1. The number of halogens is 1. The molecule has 1 aliphatic heterocycles. The molecular weight excluding hydrogens is 316 g/mol. The van der Waals surface area contributed by atoms with Gasteiger partial charge in [0.1, 0.15) is 0 Å². The number of nitrogens with two attached hydrogens (primary N) is 1. The van der Waals surface area contributed by atoms with Crippen LogP contribution in [0.4, 0.5) is 0 Å². The van der Waals surface area contributed by atoms with Gasteiger partial charge in [-0.3, -0.25) is 4.79 Å². The summed E-state index contributed by atoms with van der Waals surface area (Å²) in [5.41, 5.74) is 6.92. The van der Waals surface area contributed by atoms with Crippen molar-refractivity contribution in [3.05, 3.63) is 34.3 Å². The fraction of sp³-hybridized carbons (Fsp3) is 0.562. The normalized spacial score (nSPS) is 22.9. The smallest absolute Gasteiger partial charge is 0.227 e. The van der Waals surface area contributed by atoms with E-state index in [1.807, 2.05) is 29.2 Å². The minimum absolute atomic E-state index is 0.202. The van der Waals surface area contributed by atoms with Gasteiger partial charge in [-0.15, -0.1) is 0 Å². The summed E-state index contributed by atoms with van der Waals surface area (Å²) in [5, 5.41) is 0. The van der Waals surface area contributed by atoms with Gasteiger partial charge in [-0.2, -0.15) is 0 Å². The second-order valence-corrected chi connectivity index (χ2v) is 6.50. The second kappa shape index (κ2) is 7.23. The number of piperidine rings is 1. The average molecular weight is 339 g/mol. The molecule has 110 valence electrons. The molecule has 3 nitrogen and oxygen atoms in total. The van der Waals surface area contributed by atoms with E-state index in [1.165, 1.54) is 6.42 Å². The van der Waals surface area contributed by atoms with Gasteiger partial charge in [0.25, 0.3) is 0 Å². The molecule has 1 aliphatic rings. The molecule has 2 N–H and O–H groups in total. The van der Waals surface area contributed by atoms with E-state index in [4.69, 9.17) is 5.73 Å². The number of amides is 1. The summed E-state index contributed by atoms with van der Waals surface area (Å²) >= 11 is 3.45. The maximum atomic E-state index is 12.5. The van der Waals surface area contributed by atoms with Crippen molar-refractivity contribution in [3.8, 4) is 0 Å². The molecule has 4 heteroatoms. The number of benzene rings is 1. The van der Waals surface area contributed by atoms with Gasteiger partial charge in [-0.05, 0) is 36.5 Å². The van der Waals surface area contributed by atoms with Crippen molar-refractivity contribution in [2.75, 3.05) is 13.1 Å². The van der Waals surface area contributed by atoms with Crippen LogP contribution in [0.2, 0.25) is 0 Å². The minimum atomic E-state index is 0.202. The predicted molar refractivity (Wildman–Crippen MR) is 85.4 cm³/mol.